The van der Waals surface area contributed by atoms with Gasteiger partial charge >= 0.3 is 5.97 Å². The Kier molecular flexibility index (Phi) is 5.16. The van der Waals surface area contributed by atoms with E-state index in [4.69, 9.17) is 0 Å². The van der Waals surface area contributed by atoms with Gasteiger partial charge in [-0.1, -0.05) is 19.1 Å². The van der Waals surface area contributed by atoms with E-state index in [-0.39, 0.29) is 31.3 Å². The monoisotopic (exact) mass is 316 g/mol. The molecule has 1 amide bonds. The smallest absolute Gasteiger partial charge is 0.319 e. The minimum absolute atomic E-state index is 0.146. The number of halogens is 2. The predicted molar refractivity (Wildman–Crippen MR) is 76.7 cm³/mol. The Morgan fingerprint density at radius 3 is 2.45 bits per heavy atom. The van der Waals surface area contributed by atoms with Crippen LogP contribution < -0.4 is 0 Å². The van der Waals surface area contributed by atoms with Crippen molar-refractivity contribution in [1.82, 2.24) is 9.80 Å². The number of rotatable bonds is 5. The van der Waals surface area contributed by atoms with Gasteiger partial charge in [0.25, 0.3) is 6.43 Å². The third kappa shape index (κ3) is 3.14. The number of carbonyl (C=O) groups is 2. The lowest BCUT2D eigenvalue weighted by Gasteiger charge is -2.43. The third-order valence-electron chi connectivity index (χ3n) is 4.65. The molecule has 1 aliphatic carbocycles. The molecule has 0 bridgehead atoms. The molecule has 5 nitrogen and oxygen atoms in total. The van der Waals surface area contributed by atoms with Crippen molar-refractivity contribution >= 4 is 11.9 Å². The Labute approximate surface area is 128 Å². The van der Waals surface area contributed by atoms with Crippen LogP contribution >= 0.6 is 0 Å². The lowest BCUT2D eigenvalue weighted by atomic mass is 9.83. The highest BCUT2D eigenvalue weighted by atomic mass is 19.3. The van der Waals surface area contributed by atoms with E-state index in [1.807, 2.05) is 6.92 Å². The van der Waals surface area contributed by atoms with Gasteiger partial charge in [0.2, 0.25) is 5.91 Å². The largest absolute Gasteiger partial charge is 0.480 e. The van der Waals surface area contributed by atoms with Crippen LogP contribution in [-0.4, -0.2) is 65.4 Å². The van der Waals surface area contributed by atoms with E-state index in [1.54, 1.807) is 17.1 Å². The number of hydrogen-bond donors (Lipinski definition) is 1. The fourth-order valence-corrected chi connectivity index (χ4v) is 3.28. The van der Waals surface area contributed by atoms with Crippen LogP contribution in [0.5, 0.6) is 0 Å². The summed E-state index contributed by atoms with van der Waals surface area (Å²) in [6, 6.07) is -0.146. The molecule has 0 aromatic rings. The summed E-state index contributed by atoms with van der Waals surface area (Å²) in [6.07, 6.45) is 2.09. The van der Waals surface area contributed by atoms with Crippen LogP contribution in [0, 0.1) is 5.41 Å². The first-order valence-electron chi connectivity index (χ1n) is 7.60. The molecule has 0 aromatic carbocycles. The van der Waals surface area contributed by atoms with E-state index in [0.29, 0.717) is 26.1 Å². The summed E-state index contributed by atoms with van der Waals surface area (Å²) < 4.78 is 25.2. The zero-order chi connectivity index (χ0) is 16.3. The molecule has 2 rings (SSSR count). The minimum Gasteiger partial charge on any atom is -0.480 e. The Hall–Kier alpha value is -1.50. The Morgan fingerprint density at radius 1 is 1.32 bits per heavy atom. The number of piperazine rings is 1. The molecular weight excluding hydrogens is 294 g/mol. The number of aliphatic carboxylic acids is 1. The number of allylic oxidation sites excluding steroid dienone is 2. The van der Waals surface area contributed by atoms with Gasteiger partial charge in [-0.2, -0.15) is 0 Å². The van der Waals surface area contributed by atoms with Crippen molar-refractivity contribution in [3.63, 3.8) is 0 Å². The quantitative estimate of drug-likeness (QED) is 0.618. The number of carbonyl (C=O) groups excluding carboxylic acids is 1. The second kappa shape index (κ2) is 6.73. The van der Waals surface area contributed by atoms with E-state index >= 15 is 0 Å². The summed E-state index contributed by atoms with van der Waals surface area (Å²) in [5.41, 5.74) is -1.40. The van der Waals surface area contributed by atoms with Crippen LogP contribution in [0.1, 0.15) is 26.2 Å². The van der Waals surface area contributed by atoms with Crippen LogP contribution in [-0.2, 0) is 9.59 Å². The summed E-state index contributed by atoms with van der Waals surface area (Å²) in [7, 11) is 0. The average molecular weight is 316 g/mol. The first kappa shape index (κ1) is 16.9. The Bertz CT molecular complexity index is 460. The van der Waals surface area contributed by atoms with Crippen molar-refractivity contribution in [2.45, 2.75) is 38.7 Å². The van der Waals surface area contributed by atoms with Gasteiger partial charge in [0.15, 0.2) is 5.41 Å². The van der Waals surface area contributed by atoms with Crippen LogP contribution in [0.3, 0.4) is 0 Å². The molecule has 0 spiro atoms. The van der Waals surface area contributed by atoms with Crippen molar-refractivity contribution < 1.29 is 23.5 Å². The van der Waals surface area contributed by atoms with Crippen LogP contribution in [0.4, 0.5) is 8.78 Å². The van der Waals surface area contributed by atoms with E-state index in [2.05, 4.69) is 0 Å². The van der Waals surface area contributed by atoms with Crippen LogP contribution in [0.25, 0.3) is 0 Å². The first-order valence-corrected chi connectivity index (χ1v) is 7.60. The Morgan fingerprint density at radius 2 is 1.95 bits per heavy atom. The summed E-state index contributed by atoms with van der Waals surface area (Å²) in [5, 5.41) is 9.46. The second-order valence-electron chi connectivity index (χ2n) is 5.97. The average Bonchev–Trinajstić information content (AvgIpc) is 2.97. The van der Waals surface area contributed by atoms with Gasteiger partial charge in [0.1, 0.15) is 0 Å². The maximum absolute atomic E-state index is 12.7. The standard InChI is InChI=1S/C15H22F2N2O3/c1-2-11-9-19(8-7-18(11)10-12(16)17)13(20)15(14(21)22)5-3-4-6-15/h3-4,11-12H,2,5-10H2,1H3,(H,21,22). The molecule has 1 saturated heterocycles. The number of carboxylic acids is 1. The molecule has 1 atom stereocenters. The number of nitrogens with zero attached hydrogens (tertiary/aromatic N) is 2. The second-order valence-corrected chi connectivity index (χ2v) is 5.97. The zero-order valence-electron chi connectivity index (χ0n) is 12.7. The minimum atomic E-state index is -2.40. The van der Waals surface area contributed by atoms with Crippen molar-refractivity contribution in [3.05, 3.63) is 12.2 Å². The molecule has 124 valence electrons. The topological polar surface area (TPSA) is 60.9 Å². The Balaban J connectivity index is 2.07. The molecule has 0 radical (unpaired) electrons. The molecule has 1 aliphatic heterocycles. The molecule has 2 aliphatic rings. The normalized spacial score (nSPS) is 24.9. The van der Waals surface area contributed by atoms with E-state index in [1.165, 1.54) is 4.90 Å². The fourth-order valence-electron chi connectivity index (χ4n) is 3.28. The third-order valence-corrected chi connectivity index (χ3v) is 4.65. The summed E-state index contributed by atoms with van der Waals surface area (Å²) in [4.78, 5) is 27.5. The molecule has 22 heavy (non-hydrogen) atoms. The maximum atomic E-state index is 12.7. The molecule has 0 saturated carbocycles. The van der Waals surface area contributed by atoms with Crippen molar-refractivity contribution in [3.8, 4) is 0 Å². The molecule has 1 N–H and O–H groups in total. The highest BCUT2D eigenvalue weighted by Crippen LogP contribution is 2.36. The summed E-state index contributed by atoms with van der Waals surface area (Å²) in [5.74, 6) is -1.49. The molecule has 7 heteroatoms. The molecule has 1 fully saturated rings. The van der Waals surface area contributed by atoms with Crippen LogP contribution in [0.15, 0.2) is 12.2 Å². The summed E-state index contributed by atoms with van der Waals surface area (Å²) >= 11 is 0. The van der Waals surface area contributed by atoms with E-state index in [9.17, 15) is 23.5 Å². The molecule has 1 heterocycles. The van der Waals surface area contributed by atoms with Crippen molar-refractivity contribution in [2.24, 2.45) is 5.41 Å². The summed E-state index contributed by atoms with van der Waals surface area (Å²) in [6.45, 7) is 2.57. The van der Waals surface area contributed by atoms with Crippen molar-refractivity contribution in [2.75, 3.05) is 26.2 Å². The van der Waals surface area contributed by atoms with Crippen molar-refractivity contribution in [1.29, 1.82) is 0 Å². The van der Waals surface area contributed by atoms with Gasteiger partial charge < -0.3 is 10.0 Å². The molecule has 1 unspecified atom stereocenters. The lowest BCUT2D eigenvalue weighted by molar-refractivity contribution is -0.161. The number of hydrogen-bond acceptors (Lipinski definition) is 3. The number of alkyl halides is 2. The first-order chi connectivity index (χ1) is 10.4. The van der Waals surface area contributed by atoms with E-state index in [0.717, 1.165) is 0 Å². The van der Waals surface area contributed by atoms with Gasteiger partial charge in [-0.25, -0.2) is 8.78 Å². The SMILES string of the molecule is CCC1CN(C(=O)C2(C(=O)O)CC=CC2)CCN1CC(F)F. The fraction of sp³-hybridized carbons (Fsp3) is 0.733. The highest BCUT2D eigenvalue weighted by Gasteiger charge is 2.49. The highest BCUT2D eigenvalue weighted by molar-refractivity contribution is 6.02. The zero-order valence-corrected chi connectivity index (χ0v) is 12.7. The van der Waals surface area contributed by atoms with Crippen LogP contribution in [0.2, 0.25) is 0 Å². The maximum Gasteiger partial charge on any atom is 0.319 e. The van der Waals surface area contributed by atoms with Gasteiger partial charge in [-0.05, 0) is 19.3 Å². The van der Waals surface area contributed by atoms with E-state index < -0.39 is 17.8 Å². The van der Waals surface area contributed by atoms with Gasteiger partial charge in [-0.3, -0.25) is 14.5 Å². The van der Waals surface area contributed by atoms with Gasteiger partial charge in [-0.15, -0.1) is 0 Å². The van der Waals surface area contributed by atoms with Gasteiger partial charge in [0, 0.05) is 25.7 Å². The molecule has 0 aromatic heterocycles. The number of carboxylic acid groups (broad SMARTS) is 1. The predicted octanol–water partition coefficient (Wildman–Crippen LogP) is 1.60. The molecular formula is C15H22F2N2O3. The number of amides is 1. The lowest BCUT2D eigenvalue weighted by Crippen LogP contribution is -2.59. The van der Waals surface area contributed by atoms with Gasteiger partial charge in [0.05, 0.1) is 6.54 Å².